The normalized spacial score (nSPS) is 17.7. The molecule has 23 heavy (non-hydrogen) atoms. The molecule has 1 saturated heterocycles. The van der Waals surface area contributed by atoms with E-state index in [2.05, 4.69) is 10.1 Å². The Morgan fingerprint density at radius 1 is 1.17 bits per heavy atom. The van der Waals surface area contributed by atoms with Crippen molar-refractivity contribution in [3.8, 4) is 0 Å². The molecular formula is C16H21N3O3S. The number of aromatic nitrogens is 2. The molecule has 0 radical (unpaired) electrons. The Bertz CT molecular complexity index is 748. The van der Waals surface area contributed by atoms with Gasteiger partial charge in [-0.25, -0.2) is 8.42 Å². The smallest absolute Gasteiger partial charge is 0.243 e. The fraction of sp³-hybridized carbons (Fsp3) is 0.500. The van der Waals surface area contributed by atoms with E-state index in [1.807, 2.05) is 19.9 Å². The van der Waals surface area contributed by atoms with Gasteiger partial charge in [0, 0.05) is 24.9 Å². The Hall–Kier alpha value is -1.73. The van der Waals surface area contributed by atoms with Gasteiger partial charge in [-0.3, -0.25) is 0 Å². The van der Waals surface area contributed by atoms with E-state index in [1.54, 1.807) is 28.6 Å². The number of hydrogen-bond donors (Lipinski definition) is 0. The minimum absolute atomic E-state index is 0.136. The molecule has 1 aromatic carbocycles. The molecule has 0 spiro atoms. The van der Waals surface area contributed by atoms with Crippen molar-refractivity contribution in [2.75, 3.05) is 13.1 Å². The second-order valence-electron chi connectivity index (χ2n) is 6.14. The van der Waals surface area contributed by atoms with Gasteiger partial charge >= 0.3 is 0 Å². The molecule has 7 heteroatoms. The van der Waals surface area contributed by atoms with E-state index in [0.29, 0.717) is 42.5 Å². The first-order chi connectivity index (χ1) is 11.0. The van der Waals surface area contributed by atoms with Crippen LogP contribution in [-0.2, 0) is 10.0 Å². The predicted molar refractivity (Wildman–Crippen MR) is 85.6 cm³/mol. The van der Waals surface area contributed by atoms with Crippen molar-refractivity contribution < 1.29 is 12.9 Å². The molecule has 2 aromatic rings. The summed E-state index contributed by atoms with van der Waals surface area (Å²) in [6, 6.07) is 8.56. The van der Waals surface area contributed by atoms with Gasteiger partial charge in [0.25, 0.3) is 0 Å². The quantitative estimate of drug-likeness (QED) is 0.858. The molecule has 0 bridgehead atoms. The van der Waals surface area contributed by atoms with Gasteiger partial charge in [-0.2, -0.15) is 9.29 Å². The molecule has 0 atom stereocenters. The highest BCUT2D eigenvalue weighted by atomic mass is 32.2. The SMILES string of the molecule is CC(C)c1noc(C2CCN(S(=O)(=O)c3ccccc3)CC2)n1. The van der Waals surface area contributed by atoms with E-state index >= 15 is 0 Å². The third-order valence-electron chi connectivity index (χ3n) is 4.16. The first kappa shape index (κ1) is 16.1. The lowest BCUT2D eigenvalue weighted by molar-refractivity contribution is 0.270. The molecule has 1 aromatic heterocycles. The minimum Gasteiger partial charge on any atom is -0.339 e. The third kappa shape index (κ3) is 3.30. The summed E-state index contributed by atoms with van der Waals surface area (Å²) in [5.74, 6) is 1.70. The summed E-state index contributed by atoms with van der Waals surface area (Å²) in [6.45, 7) is 4.98. The zero-order chi connectivity index (χ0) is 16.4. The maximum absolute atomic E-state index is 12.6. The third-order valence-corrected chi connectivity index (χ3v) is 6.07. The average molecular weight is 335 g/mol. The summed E-state index contributed by atoms with van der Waals surface area (Å²) in [6.07, 6.45) is 1.40. The van der Waals surface area contributed by atoms with Gasteiger partial charge in [0.05, 0.1) is 4.90 Å². The van der Waals surface area contributed by atoms with Gasteiger partial charge in [-0.05, 0) is 25.0 Å². The molecular weight excluding hydrogens is 314 g/mol. The first-order valence-corrected chi connectivity index (χ1v) is 9.31. The van der Waals surface area contributed by atoms with Crippen molar-refractivity contribution in [2.24, 2.45) is 0 Å². The summed E-state index contributed by atoms with van der Waals surface area (Å²) < 4.78 is 32.1. The fourth-order valence-electron chi connectivity index (χ4n) is 2.73. The van der Waals surface area contributed by atoms with Gasteiger partial charge in [-0.1, -0.05) is 37.2 Å². The number of nitrogens with zero attached hydrogens (tertiary/aromatic N) is 3. The minimum atomic E-state index is -3.41. The monoisotopic (exact) mass is 335 g/mol. The van der Waals surface area contributed by atoms with Crippen LogP contribution < -0.4 is 0 Å². The number of hydrogen-bond acceptors (Lipinski definition) is 5. The van der Waals surface area contributed by atoms with Gasteiger partial charge in [0.15, 0.2) is 5.82 Å². The van der Waals surface area contributed by atoms with E-state index < -0.39 is 10.0 Å². The average Bonchev–Trinajstić information content (AvgIpc) is 3.06. The van der Waals surface area contributed by atoms with Crippen LogP contribution in [0.1, 0.15) is 50.2 Å². The summed E-state index contributed by atoms with van der Waals surface area (Å²) in [7, 11) is -3.41. The highest BCUT2D eigenvalue weighted by Crippen LogP contribution is 2.30. The van der Waals surface area contributed by atoms with Crippen LogP contribution in [0.15, 0.2) is 39.8 Å². The van der Waals surface area contributed by atoms with Crippen LogP contribution in [0.2, 0.25) is 0 Å². The standard InChI is InChI=1S/C16H21N3O3S/c1-12(2)15-17-16(22-18-15)13-8-10-19(11-9-13)23(20,21)14-6-4-3-5-7-14/h3-7,12-13H,8-11H2,1-2H3. The molecule has 1 aliphatic heterocycles. The maximum atomic E-state index is 12.6. The molecule has 2 heterocycles. The summed E-state index contributed by atoms with van der Waals surface area (Å²) in [5.41, 5.74) is 0. The largest absolute Gasteiger partial charge is 0.339 e. The maximum Gasteiger partial charge on any atom is 0.243 e. The molecule has 0 N–H and O–H groups in total. The van der Waals surface area contributed by atoms with Crippen LogP contribution in [0, 0.1) is 0 Å². The summed E-state index contributed by atoms with van der Waals surface area (Å²) in [5, 5.41) is 3.99. The van der Waals surface area contributed by atoms with Crippen LogP contribution in [-0.4, -0.2) is 36.0 Å². The number of sulfonamides is 1. The van der Waals surface area contributed by atoms with Crippen molar-refractivity contribution >= 4 is 10.0 Å². The van der Waals surface area contributed by atoms with Gasteiger partial charge in [-0.15, -0.1) is 0 Å². The Morgan fingerprint density at radius 2 is 1.83 bits per heavy atom. The Morgan fingerprint density at radius 3 is 2.39 bits per heavy atom. The fourth-order valence-corrected chi connectivity index (χ4v) is 4.22. The second kappa shape index (κ2) is 6.41. The Balaban J connectivity index is 1.68. The van der Waals surface area contributed by atoms with E-state index in [1.165, 1.54) is 0 Å². The number of rotatable bonds is 4. The summed E-state index contributed by atoms with van der Waals surface area (Å²) >= 11 is 0. The Kier molecular flexibility index (Phi) is 4.50. The number of benzene rings is 1. The second-order valence-corrected chi connectivity index (χ2v) is 8.07. The first-order valence-electron chi connectivity index (χ1n) is 7.87. The molecule has 0 amide bonds. The zero-order valence-electron chi connectivity index (χ0n) is 13.3. The van der Waals surface area contributed by atoms with Crippen LogP contribution >= 0.6 is 0 Å². The van der Waals surface area contributed by atoms with E-state index in [4.69, 9.17) is 4.52 Å². The zero-order valence-corrected chi connectivity index (χ0v) is 14.2. The van der Waals surface area contributed by atoms with Gasteiger partial charge in [0.1, 0.15) is 0 Å². The number of piperidine rings is 1. The Labute approximate surface area is 136 Å². The van der Waals surface area contributed by atoms with Crippen molar-refractivity contribution in [3.63, 3.8) is 0 Å². The molecule has 6 nitrogen and oxygen atoms in total. The molecule has 0 saturated carbocycles. The molecule has 1 fully saturated rings. The van der Waals surface area contributed by atoms with Crippen LogP contribution in [0.5, 0.6) is 0 Å². The molecule has 124 valence electrons. The van der Waals surface area contributed by atoms with Crippen molar-refractivity contribution in [2.45, 2.75) is 43.4 Å². The highest BCUT2D eigenvalue weighted by molar-refractivity contribution is 7.89. The summed E-state index contributed by atoms with van der Waals surface area (Å²) in [4.78, 5) is 4.78. The van der Waals surface area contributed by atoms with Crippen molar-refractivity contribution in [1.29, 1.82) is 0 Å². The van der Waals surface area contributed by atoms with Gasteiger partial charge in [0.2, 0.25) is 15.9 Å². The van der Waals surface area contributed by atoms with Crippen molar-refractivity contribution in [3.05, 3.63) is 42.0 Å². The van der Waals surface area contributed by atoms with Crippen LogP contribution in [0.4, 0.5) is 0 Å². The van der Waals surface area contributed by atoms with Crippen LogP contribution in [0.3, 0.4) is 0 Å². The molecule has 0 unspecified atom stereocenters. The van der Waals surface area contributed by atoms with Crippen LogP contribution in [0.25, 0.3) is 0 Å². The molecule has 1 aliphatic rings. The lowest BCUT2D eigenvalue weighted by Crippen LogP contribution is -2.37. The topological polar surface area (TPSA) is 76.3 Å². The lowest BCUT2D eigenvalue weighted by Gasteiger charge is -2.29. The predicted octanol–water partition coefficient (Wildman–Crippen LogP) is 2.76. The molecule has 3 rings (SSSR count). The van der Waals surface area contributed by atoms with E-state index in [9.17, 15) is 8.42 Å². The van der Waals surface area contributed by atoms with Gasteiger partial charge < -0.3 is 4.52 Å². The van der Waals surface area contributed by atoms with E-state index in [-0.39, 0.29) is 11.8 Å². The van der Waals surface area contributed by atoms with Crippen molar-refractivity contribution in [1.82, 2.24) is 14.4 Å². The highest BCUT2D eigenvalue weighted by Gasteiger charge is 2.32. The lowest BCUT2D eigenvalue weighted by atomic mass is 9.98. The molecule has 0 aliphatic carbocycles. The van der Waals surface area contributed by atoms with E-state index in [0.717, 1.165) is 0 Å².